The van der Waals surface area contributed by atoms with Gasteiger partial charge in [0.15, 0.2) is 0 Å². The lowest BCUT2D eigenvalue weighted by Gasteiger charge is -2.27. The molecule has 3 rings (SSSR count). The summed E-state index contributed by atoms with van der Waals surface area (Å²) in [5, 5.41) is 3.68. The summed E-state index contributed by atoms with van der Waals surface area (Å²) in [6.07, 6.45) is 3.71. The molecule has 0 saturated carbocycles. The van der Waals surface area contributed by atoms with Crippen molar-refractivity contribution in [2.24, 2.45) is 0 Å². The molecule has 1 nitrogen and oxygen atoms in total. The van der Waals surface area contributed by atoms with E-state index in [9.17, 15) is 0 Å². The monoisotopic (exact) mass is 263 g/mol. The Morgan fingerprint density at radius 2 is 1.80 bits per heavy atom. The second-order valence-corrected chi connectivity index (χ2v) is 5.49. The van der Waals surface area contributed by atoms with Crippen LogP contribution in [-0.2, 0) is 6.42 Å². The molecule has 0 aromatic heterocycles. The first-order chi connectivity index (χ1) is 9.84. The Labute approximate surface area is 121 Å². The fourth-order valence-electron chi connectivity index (χ4n) is 2.99. The van der Waals surface area contributed by atoms with Crippen molar-refractivity contribution in [2.45, 2.75) is 25.3 Å². The summed E-state index contributed by atoms with van der Waals surface area (Å²) in [5.74, 6) is 0. The van der Waals surface area contributed by atoms with Crippen LogP contribution < -0.4 is 5.32 Å². The van der Waals surface area contributed by atoms with Crippen LogP contribution in [0.5, 0.6) is 0 Å². The van der Waals surface area contributed by atoms with Crippen LogP contribution >= 0.6 is 0 Å². The standard InChI is InChI=1S/C19H21N/c1-15(16-8-3-2-4-9-16)14-20-19-13-7-11-17-10-5-6-12-18(17)19/h2-6,8-10,12,19-20H,1,7,11,13-14H2. The first kappa shape index (κ1) is 13.1. The SMILES string of the molecule is C=C(CNC1CCCc2ccccc21)c1ccccc1. The predicted octanol–water partition coefficient (Wildman–Crippen LogP) is 4.37. The zero-order valence-corrected chi connectivity index (χ0v) is 11.8. The molecule has 2 aromatic rings. The first-order valence-electron chi connectivity index (χ1n) is 7.39. The topological polar surface area (TPSA) is 12.0 Å². The summed E-state index contributed by atoms with van der Waals surface area (Å²) >= 11 is 0. The average molecular weight is 263 g/mol. The number of aryl methyl sites for hydroxylation is 1. The minimum atomic E-state index is 0.473. The highest BCUT2D eigenvalue weighted by atomic mass is 14.9. The van der Waals surface area contributed by atoms with Crippen molar-refractivity contribution >= 4 is 5.57 Å². The van der Waals surface area contributed by atoms with Crippen LogP contribution in [0.4, 0.5) is 0 Å². The van der Waals surface area contributed by atoms with Gasteiger partial charge in [-0.15, -0.1) is 0 Å². The molecular formula is C19H21N. The van der Waals surface area contributed by atoms with E-state index in [1.807, 2.05) is 6.07 Å². The number of rotatable bonds is 4. The third kappa shape index (κ3) is 2.83. The lowest BCUT2D eigenvalue weighted by Crippen LogP contribution is -2.26. The van der Waals surface area contributed by atoms with Crippen LogP contribution in [0.2, 0.25) is 0 Å². The van der Waals surface area contributed by atoms with Crippen molar-refractivity contribution in [3.05, 3.63) is 77.9 Å². The molecule has 0 saturated heterocycles. The maximum Gasteiger partial charge on any atom is 0.0326 e. The summed E-state index contributed by atoms with van der Waals surface area (Å²) in [7, 11) is 0. The van der Waals surface area contributed by atoms with Gasteiger partial charge in [0.2, 0.25) is 0 Å². The van der Waals surface area contributed by atoms with E-state index in [1.165, 1.54) is 36.0 Å². The highest BCUT2D eigenvalue weighted by Gasteiger charge is 2.19. The number of fused-ring (bicyclic) bond motifs is 1. The molecule has 0 fully saturated rings. The van der Waals surface area contributed by atoms with E-state index in [-0.39, 0.29) is 0 Å². The van der Waals surface area contributed by atoms with Crippen molar-refractivity contribution in [1.29, 1.82) is 0 Å². The molecule has 1 atom stereocenters. The van der Waals surface area contributed by atoms with Gasteiger partial charge < -0.3 is 5.32 Å². The number of hydrogen-bond donors (Lipinski definition) is 1. The molecule has 1 N–H and O–H groups in total. The fraction of sp³-hybridized carbons (Fsp3) is 0.263. The molecule has 1 unspecified atom stereocenters. The normalized spacial score (nSPS) is 17.5. The largest absolute Gasteiger partial charge is 0.306 e. The smallest absolute Gasteiger partial charge is 0.0326 e. The Hall–Kier alpha value is -1.86. The Morgan fingerprint density at radius 1 is 1.05 bits per heavy atom. The van der Waals surface area contributed by atoms with E-state index in [1.54, 1.807) is 0 Å². The zero-order chi connectivity index (χ0) is 13.8. The van der Waals surface area contributed by atoms with E-state index in [0.717, 1.165) is 12.1 Å². The highest BCUT2D eigenvalue weighted by molar-refractivity contribution is 5.64. The number of hydrogen-bond acceptors (Lipinski definition) is 1. The average Bonchev–Trinajstić information content (AvgIpc) is 2.53. The van der Waals surface area contributed by atoms with Crippen LogP contribution in [0.1, 0.15) is 35.6 Å². The van der Waals surface area contributed by atoms with E-state index in [2.05, 4.69) is 60.4 Å². The van der Waals surface area contributed by atoms with Crippen molar-refractivity contribution in [3.63, 3.8) is 0 Å². The van der Waals surface area contributed by atoms with E-state index < -0.39 is 0 Å². The van der Waals surface area contributed by atoms with Gasteiger partial charge in [-0.2, -0.15) is 0 Å². The Balaban J connectivity index is 1.67. The van der Waals surface area contributed by atoms with E-state index in [0.29, 0.717) is 6.04 Å². The third-order valence-corrected chi connectivity index (χ3v) is 4.11. The molecule has 0 bridgehead atoms. The Bertz CT molecular complexity index is 586. The molecule has 1 heteroatoms. The highest BCUT2D eigenvalue weighted by Crippen LogP contribution is 2.29. The molecular weight excluding hydrogens is 242 g/mol. The molecule has 1 aliphatic carbocycles. The van der Waals surface area contributed by atoms with Crippen LogP contribution in [0.3, 0.4) is 0 Å². The van der Waals surface area contributed by atoms with Crippen LogP contribution in [0.25, 0.3) is 5.57 Å². The summed E-state index contributed by atoms with van der Waals surface area (Å²) in [5.41, 5.74) is 5.36. The molecule has 1 aliphatic rings. The quantitative estimate of drug-likeness (QED) is 0.864. The second-order valence-electron chi connectivity index (χ2n) is 5.49. The van der Waals surface area contributed by atoms with Gasteiger partial charge in [0, 0.05) is 12.6 Å². The number of nitrogens with one attached hydrogen (secondary N) is 1. The maximum atomic E-state index is 4.20. The van der Waals surface area contributed by atoms with Gasteiger partial charge >= 0.3 is 0 Å². The first-order valence-corrected chi connectivity index (χ1v) is 7.39. The van der Waals surface area contributed by atoms with Gasteiger partial charge in [0.1, 0.15) is 0 Å². The zero-order valence-electron chi connectivity index (χ0n) is 11.8. The molecule has 20 heavy (non-hydrogen) atoms. The molecule has 102 valence electrons. The fourth-order valence-corrected chi connectivity index (χ4v) is 2.99. The van der Waals surface area contributed by atoms with Crippen LogP contribution in [0.15, 0.2) is 61.2 Å². The lowest BCUT2D eigenvalue weighted by atomic mass is 9.87. The minimum absolute atomic E-state index is 0.473. The molecule has 0 amide bonds. The molecule has 2 aromatic carbocycles. The number of benzene rings is 2. The van der Waals surface area contributed by atoms with Gasteiger partial charge in [0.05, 0.1) is 0 Å². The second kappa shape index (κ2) is 6.06. The van der Waals surface area contributed by atoms with Crippen LogP contribution in [0, 0.1) is 0 Å². The Morgan fingerprint density at radius 3 is 2.65 bits per heavy atom. The third-order valence-electron chi connectivity index (χ3n) is 4.11. The summed E-state index contributed by atoms with van der Waals surface area (Å²) < 4.78 is 0. The molecule has 0 heterocycles. The van der Waals surface area contributed by atoms with Crippen molar-refractivity contribution in [3.8, 4) is 0 Å². The predicted molar refractivity (Wildman–Crippen MR) is 85.6 cm³/mol. The van der Waals surface area contributed by atoms with Crippen molar-refractivity contribution in [1.82, 2.24) is 5.32 Å². The van der Waals surface area contributed by atoms with E-state index in [4.69, 9.17) is 0 Å². The minimum Gasteiger partial charge on any atom is -0.306 e. The summed E-state index contributed by atoms with van der Waals surface area (Å²) in [6, 6.07) is 19.7. The molecule has 0 radical (unpaired) electrons. The van der Waals surface area contributed by atoms with Gasteiger partial charge in [-0.25, -0.2) is 0 Å². The van der Waals surface area contributed by atoms with Gasteiger partial charge in [-0.05, 0) is 41.5 Å². The van der Waals surface area contributed by atoms with Gasteiger partial charge in [0.25, 0.3) is 0 Å². The van der Waals surface area contributed by atoms with Crippen molar-refractivity contribution in [2.75, 3.05) is 6.54 Å². The van der Waals surface area contributed by atoms with Gasteiger partial charge in [-0.3, -0.25) is 0 Å². The summed E-state index contributed by atoms with van der Waals surface area (Å²) in [6.45, 7) is 5.05. The summed E-state index contributed by atoms with van der Waals surface area (Å²) in [4.78, 5) is 0. The Kier molecular flexibility index (Phi) is 3.98. The molecule has 0 aliphatic heterocycles. The van der Waals surface area contributed by atoms with Crippen LogP contribution in [-0.4, -0.2) is 6.54 Å². The van der Waals surface area contributed by atoms with Crippen molar-refractivity contribution < 1.29 is 0 Å². The van der Waals surface area contributed by atoms with E-state index >= 15 is 0 Å². The molecule has 0 spiro atoms. The van der Waals surface area contributed by atoms with Gasteiger partial charge in [-0.1, -0.05) is 61.2 Å². The lowest BCUT2D eigenvalue weighted by molar-refractivity contribution is 0.483. The maximum absolute atomic E-state index is 4.20.